The van der Waals surface area contributed by atoms with Gasteiger partial charge < -0.3 is 19.4 Å². The monoisotopic (exact) mass is 461 g/mol. The summed E-state index contributed by atoms with van der Waals surface area (Å²) in [6.45, 7) is 2.09. The number of benzene rings is 2. The first-order valence-electron chi connectivity index (χ1n) is 10.1. The van der Waals surface area contributed by atoms with Gasteiger partial charge in [-0.2, -0.15) is 0 Å². The quantitative estimate of drug-likeness (QED) is 0.415. The van der Waals surface area contributed by atoms with E-state index in [-0.39, 0.29) is 17.9 Å². The van der Waals surface area contributed by atoms with Crippen molar-refractivity contribution in [2.45, 2.75) is 13.5 Å². The first-order valence-corrected chi connectivity index (χ1v) is 11.0. The van der Waals surface area contributed by atoms with Crippen molar-refractivity contribution in [2.24, 2.45) is 0 Å². The van der Waals surface area contributed by atoms with Crippen molar-refractivity contribution < 1.29 is 14.6 Å². The number of methoxy groups -OCH3 is 1. The van der Waals surface area contributed by atoms with Crippen LogP contribution in [0.3, 0.4) is 0 Å². The molecule has 166 valence electrons. The highest BCUT2D eigenvalue weighted by Gasteiger charge is 2.27. The maximum absolute atomic E-state index is 13.3. The largest absolute Gasteiger partial charge is 0.497 e. The van der Waals surface area contributed by atoms with E-state index < -0.39 is 17.2 Å². The van der Waals surface area contributed by atoms with Crippen LogP contribution in [0.2, 0.25) is 0 Å². The maximum atomic E-state index is 13.3. The first-order chi connectivity index (χ1) is 15.9. The standard InChI is InChI=1S/C24H19N3O5S/c1-13-6-7-19-16(8-13)20(27-22(28)17-11-33-12-18(17)25-24(27)31)21(23(29)30)26(19)10-14-4-3-5-15(9-14)32-2/h3-9,11-12H,10H2,1-2H3,(H,25,31)(H,29,30). The van der Waals surface area contributed by atoms with Crippen LogP contribution < -0.4 is 16.0 Å². The highest BCUT2D eigenvalue weighted by atomic mass is 32.1. The molecule has 0 unspecified atom stereocenters. The van der Waals surface area contributed by atoms with E-state index in [1.807, 2.05) is 37.3 Å². The number of aromatic nitrogens is 3. The lowest BCUT2D eigenvalue weighted by Gasteiger charge is -2.11. The molecule has 33 heavy (non-hydrogen) atoms. The third-order valence-electron chi connectivity index (χ3n) is 5.63. The van der Waals surface area contributed by atoms with Gasteiger partial charge in [0.2, 0.25) is 0 Å². The minimum Gasteiger partial charge on any atom is -0.497 e. The van der Waals surface area contributed by atoms with Gasteiger partial charge in [-0.15, -0.1) is 11.3 Å². The maximum Gasteiger partial charge on any atom is 0.354 e. The average molecular weight is 461 g/mol. The summed E-state index contributed by atoms with van der Waals surface area (Å²) in [5.41, 5.74) is 1.40. The minimum atomic E-state index is -1.24. The van der Waals surface area contributed by atoms with Crippen LogP contribution in [-0.4, -0.2) is 32.3 Å². The fourth-order valence-electron chi connectivity index (χ4n) is 4.16. The molecule has 2 aromatic carbocycles. The molecule has 8 nitrogen and oxygen atoms in total. The van der Waals surface area contributed by atoms with Gasteiger partial charge in [0.1, 0.15) is 5.75 Å². The van der Waals surface area contributed by atoms with E-state index in [2.05, 4.69) is 4.98 Å². The third kappa shape index (κ3) is 3.33. The van der Waals surface area contributed by atoms with Crippen LogP contribution in [0, 0.1) is 6.92 Å². The molecule has 0 amide bonds. The fraction of sp³-hybridized carbons (Fsp3) is 0.125. The molecule has 0 saturated heterocycles. The SMILES string of the molecule is COc1cccc(Cn2c(C(=O)O)c(-n3c(=O)[nH]c4cscc4c3=O)c3cc(C)ccc32)c1. The summed E-state index contributed by atoms with van der Waals surface area (Å²) in [6.07, 6.45) is 0. The number of fused-ring (bicyclic) bond motifs is 2. The Morgan fingerprint density at radius 1 is 1.12 bits per heavy atom. The van der Waals surface area contributed by atoms with Crippen LogP contribution in [0.1, 0.15) is 21.6 Å². The molecule has 0 fully saturated rings. The number of hydrogen-bond donors (Lipinski definition) is 2. The summed E-state index contributed by atoms with van der Waals surface area (Å²) in [5, 5.41) is 14.4. The third-order valence-corrected chi connectivity index (χ3v) is 6.38. The Balaban J connectivity index is 1.88. The van der Waals surface area contributed by atoms with E-state index in [9.17, 15) is 19.5 Å². The molecular weight excluding hydrogens is 442 g/mol. The number of H-pyrrole nitrogens is 1. The predicted octanol–water partition coefficient (Wildman–Crippen LogP) is 3.76. The molecule has 3 aromatic heterocycles. The number of aromatic carboxylic acids is 1. The predicted molar refractivity (Wildman–Crippen MR) is 127 cm³/mol. The lowest BCUT2D eigenvalue weighted by atomic mass is 10.1. The van der Waals surface area contributed by atoms with Gasteiger partial charge in [0.25, 0.3) is 5.56 Å². The molecule has 0 aliphatic heterocycles. The molecule has 2 N–H and O–H groups in total. The molecular formula is C24H19N3O5S. The van der Waals surface area contributed by atoms with Crippen LogP contribution in [0.25, 0.3) is 27.5 Å². The minimum absolute atomic E-state index is 0.0587. The van der Waals surface area contributed by atoms with Gasteiger partial charge in [0, 0.05) is 22.7 Å². The molecule has 3 heterocycles. The number of rotatable bonds is 5. The molecule has 5 rings (SSSR count). The fourth-order valence-corrected chi connectivity index (χ4v) is 4.91. The lowest BCUT2D eigenvalue weighted by Crippen LogP contribution is -2.34. The Labute approximate surface area is 190 Å². The van der Waals surface area contributed by atoms with Gasteiger partial charge in [-0.3, -0.25) is 4.79 Å². The van der Waals surface area contributed by atoms with Crippen LogP contribution in [0.4, 0.5) is 0 Å². The summed E-state index contributed by atoms with van der Waals surface area (Å²) in [7, 11) is 1.56. The van der Waals surface area contributed by atoms with Gasteiger partial charge in [0.05, 0.1) is 29.2 Å². The average Bonchev–Trinajstić information content (AvgIpc) is 3.37. The number of carboxylic acids is 1. The zero-order valence-electron chi connectivity index (χ0n) is 17.8. The normalized spacial score (nSPS) is 11.3. The highest BCUT2D eigenvalue weighted by molar-refractivity contribution is 7.09. The number of nitrogens with zero attached hydrogens (tertiary/aromatic N) is 2. The number of carboxylic acid groups (broad SMARTS) is 1. The summed E-state index contributed by atoms with van der Waals surface area (Å²) < 4.78 is 7.85. The Bertz CT molecular complexity index is 1670. The van der Waals surface area contributed by atoms with E-state index in [1.165, 1.54) is 11.3 Å². The second-order valence-electron chi connectivity index (χ2n) is 7.73. The van der Waals surface area contributed by atoms with Crippen molar-refractivity contribution >= 4 is 39.1 Å². The molecule has 9 heteroatoms. The molecule has 0 atom stereocenters. The van der Waals surface area contributed by atoms with Crippen molar-refractivity contribution in [3.8, 4) is 11.4 Å². The number of hydrogen-bond acceptors (Lipinski definition) is 5. The number of aromatic amines is 1. The van der Waals surface area contributed by atoms with Crippen molar-refractivity contribution in [3.63, 3.8) is 0 Å². The van der Waals surface area contributed by atoms with E-state index in [4.69, 9.17) is 4.74 Å². The molecule has 0 bridgehead atoms. The van der Waals surface area contributed by atoms with Gasteiger partial charge >= 0.3 is 11.7 Å². The Hall–Kier alpha value is -4.11. The van der Waals surface area contributed by atoms with E-state index in [0.717, 1.165) is 15.7 Å². The lowest BCUT2D eigenvalue weighted by molar-refractivity contribution is 0.0686. The van der Waals surface area contributed by atoms with Gasteiger partial charge in [-0.1, -0.05) is 23.8 Å². The number of carbonyl (C=O) groups is 1. The van der Waals surface area contributed by atoms with E-state index in [0.29, 0.717) is 27.6 Å². The van der Waals surface area contributed by atoms with Crippen LogP contribution >= 0.6 is 11.3 Å². The number of nitrogens with one attached hydrogen (secondary N) is 1. The Morgan fingerprint density at radius 2 is 1.94 bits per heavy atom. The first kappa shape index (κ1) is 20.8. The smallest absolute Gasteiger partial charge is 0.354 e. The van der Waals surface area contributed by atoms with Crippen LogP contribution in [-0.2, 0) is 6.54 Å². The summed E-state index contributed by atoms with van der Waals surface area (Å²) in [6, 6.07) is 12.8. The van der Waals surface area contributed by atoms with E-state index >= 15 is 0 Å². The number of aryl methyl sites for hydroxylation is 1. The molecule has 0 aliphatic rings. The molecule has 0 saturated carbocycles. The number of ether oxygens (including phenoxy) is 1. The molecule has 0 spiro atoms. The van der Waals surface area contributed by atoms with Gasteiger partial charge in [0.15, 0.2) is 5.69 Å². The van der Waals surface area contributed by atoms with Crippen LogP contribution in [0.5, 0.6) is 5.75 Å². The van der Waals surface area contributed by atoms with Crippen molar-refractivity contribution in [2.75, 3.05) is 7.11 Å². The number of thiophene rings is 1. The summed E-state index contributed by atoms with van der Waals surface area (Å²) >= 11 is 1.29. The second kappa shape index (κ2) is 7.79. The van der Waals surface area contributed by atoms with Crippen molar-refractivity contribution in [1.82, 2.24) is 14.1 Å². The van der Waals surface area contributed by atoms with Crippen LogP contribution in [0.15, 0.2) is 62.8 Å². The van der Waals surface area contributed by atoms with Crippen molar-refractivity contribution in [3.05, 3.63) is 90.9 Å². The van der Waals surface area contributed by atoms with Gasteiger partial charge in [-0.05, 0) is 36.8 Å². The molecule has 0 aliphatic carbocycles. The Kier molecular flexibility index (Phi) is 4.90. The zero-order valence-corrected chi connectivity index (χ0v) is 18.6. The second-order valence-corrected chi connectivity index (χ2v) is 8.47. The summed E-state index contributed by atoms with van der Waals surface area (Å²) in [4.78, 5) is 41.5. The topological polar surface area (TPSA) is 106 Å². The van der Waals surface area contributed by atoms with E-state index in [1.54, 1.807) is 34.6 Å². The van der Waals surface area contributed by atoms with Gasteiger partial charge in [-0.25, -0.2) is 14.2 Å². The van der Waals surface area contributed by atoms with Crippen molar-refractivity contribution in [1.29, 1.82) is 0 Å². The zero-order chi connectivity index (χ0) is 23.3. The highest BCUT2D eigenvalue weighted by Crippen LogP contribution is 2.31. The molecule has 0 radical (unpaired) electrons. The summed E-state index contributed by atoms with van der Waals surface area (Å²) in [5.74, 6) is -0.592. The molecule has 5 aromatic rings. The Morgan fingerprint density at radius 3 is 2.70 bits per heavy atom.